The summed E-state index contributed by atoms with van der Waals surface area (Å²) in [6, 6.07) is 7.92. The van der Waals surface area contributed by atoms with Gasteiger partial charge in [0.05, 0.1) is 12.6 Å². The third-order valence-corrected chi connectivity index (χ3v) is 5.45. The molecule has 0 unspecified atom stereocenters. The first-order valence-electron chi connectivity index (χ1n) is 10.1. The van der Waals surface area contributed by atoms with Crippen LogP contribution in [0.25, 0.3) is 10.9 Å². The molecule has 3 N–H and O–H groups in total. The molecule has 2 aromatic heterocycles. The van der Waals surface area contributed by atoms with Crippen LogP contribution < -0.4 is 10.7 Å². The van der Waals surface area contributed by atoms with Crippen LogP contribution in [0.3, 0.4) is 0 Å². The Morgan fingerprint density at radius 1 is 1.17 bits per heavy atom. The fourth-order valence-electron chi connectivity index (χ4n) is 3.08. The van der Waals surface area contributed by atoms with Crippen LogP contribution in [0.5, 0.6) is 0 Å². The number of aromatic nitrogens is 3. The molecule has 3 aromatic rings. The van der Waals surface area contributed by atoms with Crippen molar-refractivity contribution < 1.29 is 9.59 Å². The number of H-pyrrole nitrogens is 1. The molecule has 158 valence electrons. The van der Waals surface area contributed by atoms with Crippen LogP contribution in [-0.2, 0) is 16.0 Å². The first kappa shape index (κ1) is 21.6. The number of aryl methyl sites for hydroxylation is 1. The average Bonchev–Trinajstić information content (AvgIpc) is 3.29. The highest BCUT2D eigenvalue weighted by molar-refractivity contribution is 7.15. The highest BCUT2D eigenvalue weighted by Crippen LogP contribution is 2.20. The summed E-state index contributed by atoms with van der Waals surface area (Å²) < 4.78 is 0. The number of rotatable bonds is 10. The maximum absolute atomic E-state index is 12.1. The molecule has 3 rings (SSSR count). The minimum absolute atomic E-state index is 0.0498. The second kappa shape index (κ2) is 10.6. The second-order valence-corrected chi connectivity index (χ2v) is 8.10. The summed E-state index contributed by atoms with van der Waals surface area (Å²) >= 11 is 1.20. The number of hydrogen-bond donors (Lipinski definition) is 3. The first-order chi connectivity index (χ1) is 14.6. The van der Waals surface area contributed by atoms with Crippen molar-refractivity contribution in [2.24, 2.45) is 5.10 Å². The highest BCUT2D eigenvalue weighted by Gasteiger charge is 2.11. The van der Waals surface area contributed by atoms with Crippen molar-refractivity contribution in [3.05, 3.63) is 40.5 Å². The van der Waals surface area contributed by atoms with Gasteiger partial charge in [-0.25, -0.2) is 5.43 Å². The van der Waals surface area contributed by atoms with Gasteiger partial charge in [-0.2, -0.15) is 5.10 Å². The Hall–Kier alpha value is -3.07. The molecule has 0 spiro atoms. The predicted molar refractivity (Wildman–Crippen MR) is 120 cm³/mol. The molecule has 0 aliphatic carbocycles. The summed E-state index contributed by atoms with van der Waals surface area (Å²) in [4.78, 5) is 27.3. The number of carbonyl (C=O) groups excluding carboxylic acids is 2. The number of fused-ring (bicyclic) bond motifs is 1. The molecule has 0 radical (unpaired) electrons. The van der Waals surface area contributed by atoms with Gasteiger partial charge in [0, 0.05) is 28.6 Å². The number of nitrogens with zero attached hydrogens (tertiary/aromatic N) is 3. The maximum atomic E-state index is 12.1. The number of aromatic amines is 1. The van der Waals surface area contributed by atoms with E-state index in [1.807, 2.05) is 31.2 Å². The fourth-order valence-corrected chi connectivity index (χ4v) is 3.83. The van der Waals surface area contributed by atoms with Gasteiger partial charge in [-0.1, -0.05) is 55.7 Å². The van der Waals surface area contributed by atoms with E-state index >= 15 is 0 Å². The molecule has 0 saturated carbocycles. The summed E-state index contributed by atoms with van der Waals surface area (Å²) in [5.41, 5.74) is 5.46. The number of hydrogen-bond acceptors (Lipinski definition) is 6. The number of benzene rings is 1. The summed E-state index contributed by atoms with van der Waals surface area (Å²) in [7, 11) is 0. The van der Waals surface area contributed by atoms with Gasteiger partial charge in [-0.15, -0.1) is 10.2 Å². The minimum Gasteiger partial charge on any atom is -0.358 e. The van der Waals surface area contributed by atoms with E-state index in [-0.39, 0.29) is 18.2 Å². The molecule has 2 amide bonds. The van der Waals surface area contributed by atoms with Crippen LogP contribution >= 0.6 is 11.3 Å². The van der Waals surface area contributed by atoms with E-state index in [1.54, 1.807) is 6.21 Å². The van der Waals surface area contributed by atoms with Gasteiger partial charge in [0.15, 0.2) is 0 Å². The average molecular weight is 427 g/mol. The predicted octanol–water partition coefficient (Wildman–Crippen LogP) is 3.93. The number of para-hydroxylation sites is 1. The maximum Gasteiger partial charge on any atom is 0.247 e. The van der Waals surface area contributed by atoms with Crippen molar-refractivity contribution in [3.8, 4) is 0 Å². The van der Waals surface area contributed by atoms with E-state index in [2.05, 4.69) is 37.9 Å². The van der Waals surface area contributed by atoms with Gasteiger partial charge in [-0.05, 0) is 19.4 Å². The standard InChI is InChI=1S/C21H26N6O2S/c1-3-4-5-6-11-18(28)24-21-27-26-20(30-21)12-19(29)25-22-13-16-14(2)23-17-10-8-7-9-15(16)17/h7-10,13,23H,3-6,11-12H2,1-2H3,(H,25,29)(H,24,27,28)/b22-13-. The van der Waals surface area contributed by atoms with Crippen molar-refractivity contribution in [2.75, 3.05) is 5.32 Å². The molecule has 1 aromatic carbocycles. The molecular weight excluding hydrogens is 400 g/mol. The smallest absolute Gasteiger partial charge is 0.247 e. The Morgan fingerprint density at radius 2 is 2.00 bits per heavy atom. The lowest BCUT2D eigenvalue weighted by molar-refractivity contribution is -0.120. The number of nitrogens with one attached hydrogen (secondary N) is 3. The Bertz CT molecular complexity index is 1040. The van der Waals surface area contributed by atoms with Crippen molar-refractivity contribution in [3.63, 3.8) is 0 Å². The fraction of sp³-hybridized carbons (Fsp3) is 0.381. The number of amides is 2. The summed E-state index contributed by atoms with van der Waals surface area (Å²) in [5.74, 6) is -0.366. The summed E-state index contributed by atoms with van der Waals surface area (Å²) in [5, 5.41) is 16.7. The van der Waals surface area contributed by atoms with Crippen molar-refractivity contribution in [1.29, 1.82) is 0 Å². The van der Waals surface area contributed by atoms with Gasteiger partial charge >= 0.3 is 0 Å². The van der Waals surface area contributed by atoms with Gasteiger partial charge in [-0.3, -0.25) is 9.59 Å². The quantitative estimate of drug-likeness (QED) is 0.259. The molecule has 2 heterocycles. The largest absolute Gasteiger partial charge is 0.358 e. The zero-order valence-electron chi connectivity index (χ0n) is 17.2. The van der Waals surface area contributed by atoms with E-state index in [4.69, 9.17) is 0 Å². The van der Waals surface area contributed by atoms with Crippen LogP contribution in [0.4, 0.5) is 5.13 Å². The summed E-state index contributed by atoms with van der Waals surface area (Å²) in [6.07, 6.45) is 6.33. The van der Waals surface area contributed by atoms with Gasteiger partial charge in [0.2, 0.25) is 16.9 Å². The van der Waals surface area contributed by atoms with Gasteiger partial charge in [0.1, 0.15) is 5.01 Å². The number of hydrazone groups is 1. The van der Waals surface area contributed by atoms with Crippen LogP contribution in [0.15, 0.2) is 29.4 Å². The Kier molecular flexibility index (Phi) is 7.67. The van der Waals surface area contributed by atoms with E-state index < -0.39 is 0 Å². The van der Waals surface area contributed by atoms with E-state index in [0.717, 1.165) is 47.8 Å². The number of unbranched alkanes of at least 4 members (excludes halogenated alkanes) is 3. The normalized spacial score (nSPS) is 11.3. The van der Waals surface area contributed by atoms with E-state index in [9.17, 15) is 9.59 Å². The van der Waals surface area contributed by atoms with Crippen LogP contribution in [0.1, 0.15) is 55.3 Å². The Labute approximate surface area is 179 Å². The van der Waals surface area contributed by atoms with E-state index in [1.165, 1.54) is 11.3 Å². The molecule has 30 heavy (non-hydrogen) atoms. The third-order valence-electron chi connectivity index (χ3n) is 4.61. The SMILES string of the molecule is CCCCCCC(=O)Nc1nnc(CC(=O)N/N=C\c2c(C)[nH]c3ccccc23)s1. The highest BCUT2D eigenvalue weighted by atomic mass is 32.1. The van der Waals surface area contributed by atoms with Crippen LogP contribution in [-0.4, -0.2) is 33.2 Å². The molecular formula is C21H26N6O2S. The molecule has 8 nitrogen and oxygen atoms in total. The lowest BCUT2D eigenvalue weighted by Crippen LogP contribution is -2.19. The Balaban J connectivity index is 1.48. The molecule has 0 aliphatic heterocycles. The topological polar surface area (TPSA) is 112 Å². The lowest BCUT2D eigenvalue weighted by atomic mass is 10.1. The monoisotopic (exact) mass is 426 g/mol. The van der Waals surface area contributed by atoms with Gasteiger partial charge < -0.3 is 10.3 Å². The molecule has 0 atom stereocenters. The van der Waals surface area contributed by atoms with Crippen LogP contribution in [0, 0.1) is 6.92 Å². The van der Waals surface area contributed by atoms with Crippen molar-refractivity contribution >= 4 is 45.4 Å². The third kappa shape index (κ3) is 5.96. The van der Waals surface area contributed by atoms with Crippen molar-refractivity contribution in [1.82, 2.24) is 20.6 Å². The van der Waals surface area contributed by atoms with E-state index in [0.29, 0.717) is 16.6 Å². The van der Waals surface area contributed by atoms with Gasteiger partial charge in [0.25, 0.3) is 0 Å². The molecule has 0 fully saturated rings. The molecule has 9 heteroatoms. The minimum atomic E-state index is -0.294. The number of anilines is 1. The molecule has 0 saturated heterocycles. The molecule has 0 aliphatic rings. The van der Waals surface area contributed by atoms with Crippen LogP contribution in [0.2, 0.25) is 0 Å². The van der Waals surface area contributed by atoms with Crippen molar-refractivity contribution in [2.45, 2.75) is 52.4 Å². The molecule has 0 bridgehead atoms. The second-order valence-electron chi connectivity index (χ2n) is 7.04. The summed E-state index contributed by atoms with van der Waals surface area (Å²) in [6.45, 7) is 4.09. The zero-order chi connectivity index (χ0) is 21.3. The zero-order valence-corrected chi connectivity index (χ0v) is 18.0. The number of carbonyl (C=O) groups is 2. The first-order valence-corrected chi connectivity index (χ1v) is 10.9. The Morgan fingerprint density at radius 3 is 2.83 bits per heavy atom. The lowest BCUT2D eigenvalue weighted by Gasteiger charge is -2.00.